The second-order valence-corrected chi connectivity index (χ2v) is 8.19. The number of fused-ring (bicyclic) bond motifs is 5. The fourth-order valence-electron chi connectivity index (χ4n) is 4.71. The van der Waals surface area contributed by atoms with Crippen LogP contribution in [-0.2, 0) is 16.0 Å². The van der Waals surface area contributed by atoms with E-state index < -0.39 is 11.9 Å². The summed E-state index contributed by atoms with van der Waals surface area (Å²) in [6.07, 6.45) is 1.68. The first-order chi connectivity index (χ1) is 13.8. The van der Waals surface area contributed by atoms with Gasteiger partial charge in [0.25, 0.3) is 0 Å². The SMILES string of the molecule is Cc1ccc2c(c1)N1CC[N+](C)(/C(=C\C(=O)O)C(=O)O)CC1c1ccccc1C2. The van der Waals surface area contributed by atoms with Gasteiger partial charge in [0.05, 0.1) is 19.7 Å². The Hall–Kier alpha value is -3.12. The summed E-state index contributed by atoms with van der Waals surface area (Å²) in [6, 6.07) is 14.8. The van der Waals surface area contributed by atoms with Crippen LogP contribution in [0.25, 0.3) is 0 Å². The molecule has 0 saturated carbocycles. The Labute approximate surface area is 169 Å². The lowest BCUT2D eigenvalue weighted by atomic mass is 9.95. The number of nitrogens with zero attached hydrogens (tertiary/aromatic N) is 2. The minimum atomic E-state index is -1.23. The van der Waals surface area contributed by atoms with Gasteiger partial charge in [-0.25, -0.2) is 9.59 Å². The predicted molar refractivity (Wildman–Crippen MR) is 110 cm³/mol. The van der Waals surface area contributed by atoms with Crippen molar-refractivity contribution in [3.63, 3.8) is 0 Å². The lowest BCUT2D eigenvalue weighted by Crippen LogP contribution is -2.59. The van der Waals surface area contributed by atoms with Gasteiger partial charge in [-0.15, -0.1) is 0 Å². The highest BCUT2D eigenvalue weighted by Crippen LogP contribution is 2.41. The number of benzene rings is 2. The Kier molecular flexibility index (Phi) is 4.67. The molecule has 0 amide bonds. The van der Waals surface area contributed by atoms with Gasteiger partial charge in [0.15, 0.2) is 0 Å². The summed E-state index contributed by atoms with van der Waals surface area (Å²) in [5, 5.41) is 18.9. The van der Waals surface area contributed by atoms with Crippen LogP contribution >= 0.6 is 0 Å². The number of quaternary nitrogens is 1. The molecule has 0 bridgehead atoms. The minimum absolute atomic E-state index is 0.0236. The monoisotopic (exact) mass is 393 g/mol. The highest BCUT2D eigenvalue weighted by molar-refractivity contribution is 5.92. The van der Waals surface area contributed by atoms with Crippen molar-refractivity contribution in [1.29, 1.82) is 0 Å². The predicted octanol–water partition coefficient (Wildman–Crippen LogP) is 2.96. The Morgan fingerprint density at radius 2 is 1.90 bits per heavy atom. The summed E-state index contributed by atoms with van der Waals surface area (Å²) in [7, 11) is 1.82. The van der Waals surface area contributed by atoms with E-state index in [1.807, 2.05) is 19.2 Å². The van der Waals surface area contributed by atoms with Gasteiger partial charge >= 0.3 is 11.9 Å². The van der Waals surface area contributed by atoms with E-state index >= 15 is 0 Å². The minimum Gasteiger partial charge on any atom is -0.478 e. The van der Waals surface area contributed by atoms with Crippen molar-refractivity contribution in [3.05, 3.63) is 76.5 Å². The van der Waals surface area contributed by atoms with Crippen LogP contribution in [-0.4, -0.2) is 53.3 Å². The quantitative estimate of drug-likeness (QED) is 0.619. The maximum atomic E-state index is 11.9. The molecule has 0 radical (unpaired) electrons. The number of carbonyl (C=O) groups is 2. The number of aliphatic carboxylic acids is 2. The van der Waals surface area contributed by atoms with Crippen molar-refractivity contribution in [2.75, 3.05) is 31.6 Å². The van der Waals surface area contributed by atoms with E-state index in [1.165, 1.54) is 27.9 Å². The molecule has 2 unspecified atom stereocenters. The molecule has 1 fully saturated rings. The fraction of sp³-hybridized carbons (Fsp3) is 0.304. The van der Waals surface area contributed by atoms with Crippen LogP contribution in [0.15, 0.2) is 54.2 Å². The molecule has 150 valence electrons. The van der Waals surface area contributed by atoms with E-state index in [-0.39, 0.29) is 16.2 Å². The standard InChI is InChI=1S/C23H24N2O4/c1-15-7-8-17-12-16-5-3-4-6-18(16)20-14-25(2,10-9-24(20)19(17)11-15)21(23(28)29)13-22(26)27/h3-8,11,13,20H,9-10,12,14H2,1-2H3,(H-,26,27,28,29)/p+1/b21-13-. The molecule has 2 aliphatic heterocycles. The third-order valence-corrected chi connectivity index (χ3v) is 6.19. The Bertz CT molecular complexity index is 1030. The van der Waals surface area contributed by atoms with E-state index in [2.05, 4.69) is 42.2 Å². The highest BCUT2D eigenvalue weighted by Gasteiger charge is 2.44. The molecule has 0 aliphatic carbocycles. The molecule has 1 saturated heterocycles. The zero-order valence-corrected chi connectivity index (χ0v) is 16.6. The summed E-state index contributed by atoms with van der Waals surface area (Å²) in [6.45, 7) is 3.75. The third-order valence-electron chi connectivity index (χ3n) is 6.19. The fourth-order valence-corrected chi connectivity index (χ4v) is 4.71. The molecule has 2 aromatic carbocycles. The second kappa shape index (κ2) is 7.04. The molecule has 2 heterocycles. The normalized spacial score (nSPS) is 23.4. The van der Waals surface area contributed by atoms with E-state index in [9.17, 15) is 19.8 Å². The molecule has 2 aliphatic rings. The lowest BCUT2D eigenvalue weighted by Gasteiger charge is -2.47. The number of likely N-dealkylation sites (N-methyl/N-ethyl adjacent to an activating group) is 1. The summed E-state index contributed by atoms with van der Waals surface area (Å²) in [5.41, 5.74) is 5.98. The summed E-state index contributed by atoms with van der Waals surface area (Å²) in [4.78, 5) is 25.5. The Morgan fingerprint density at radius 1 is 1.14 bits per heavy atom. The van der Waals surface area contributed by atoms with Crippen molar-refractivity contribution < 1.29 is 24.3 Å². The van der Waals surface area contributed by atoms with Crippen LogP contribution in [0.5, 0.6) is 0 Å². The molecule has 2 N–H and O–H groups in total. The summed E-state index contributed by atoms with van der Waals surface area (Å²) in [5.74, 6) is -2.41. The van der Waals surface area contributed by atoms with Crippen molar-refractivity contribution in [2.45, 2.75) is 19.4 Å². The molecular weight excluding hydrogens is 368 g/mol. The Balaban J connectivity index is 1.84. The molecule has 0 aromatic heterocycles. The smallest absolute Gasteiger partial charge is 0.390 e. The average molecular weight is 393 g/mol. The van der Waals surface area contributed by atoms with Gasteiger partial charge in [-0.1, -0.05) is 36.4 Å². The second-order valence-electron chi connectivity index (χ2n) is 8.19. The van der Waals surface area contributed by atoms with Gasteiger partial charge < -0.3 is 15.1 Å². The van der Waals surface area contributed by atoms with Crippen molar-refractivity contribution >= 4 is 17.6 Å². The van der Waals surface area contributed by atoms with Crippen LogP contribution in [0.3, 0.4) is 0 Å². The summed E-state index contributed by atoms with van der Waals surface area (Å²) >= 11 is 0. The molecule has 2 atom stereocenters. The average Bonchev–Trinajstić information content (AvgIpc) is 2.80. The van der Waals surface area contributed by atoms with Gasteiger partial charge in [-0.3, -0.25) is 4.48 Å². The number of carboxylic acids is 2. The van der Waals surface area contributed by atoms with Crippen LogP contribution in [0.4, 0.5) is 5.69 Å². The number of hydrogen-bond acceptors (Lipinski definition) is 3. The van der Waals surface area contributed by atoms with Crippen LogP contribution in [0.1, 0.15) is 28.3 Å². The molecule has 0 spiro atoms. The van der Waals surface area contributed by atoms with Crippen molar-refractivity contribution in [1.82, 2.24) is 0 Å². The number of aryl methyl sites for hydroxylation is 1. The maximum Gasteiger partial charge on any atom is 0.390 e. The lowest BCUT2D eigenvalue weighted by molar-refractivity contribution is -0.872. The van der Waals surface area contributed by atoms with Crippen LogP contribution in [0, 0.1) is 6.92 Å². The highest BCUT2D eigenvalue weighted by atomic mass is 16.4. The molecular formula is C23H25N2O4+. The third kappa shape index (κ3) is 3.40. The van der Waals surface area contributed by atoms with Gasteiger partial charge in [0.2, 0.25) is 5.70 Å². The zero-order chi connectivity index (χ0) is 20.8. The first-order valence-corrected chi connectivity index (χ1v) is 9.75. The van der Waals surface area contributed by atoms with Crippen LogP contribution in [0.2, 0.25) is 0 Å². The van der Waals surface area contributed by atoms with E-state index in [0.717, 1.165) is 12.5 Å². The molecule has 6 nitrogen and oxygen atoms in total. The van der Waals surface area contributed by atoms with Gasteiger partial charge in [0, 0.05) is 5.69 Å². The number of anilines is 1. The zero-order valence-electron chi connectivity index (χ0n) is 16.6. The number of piperazine rings is 1. The molecule has 29 heavy (non-hydrogen) atoms. The van der Waals surface area contributed by atoms with Crippen molar-refractivity contribution in [2.24, 2.45) is 0 Å². The van der Waals surface area contributed by atoms with Gasteiger partial charge in [-0.2, -0.15) is 0 Å². The summed E-state index contributed by atoms with van der Waals surface area (Å²) < 4.78 is 0.0816. The number of hydrogen-bond donors (Lipinski definition) is 2. The topological polar surface area (TPSA) is 77.8 Å². The van der Waals surface area contributed by atoms with E-state index in [4.69, 9.17) is 0 Å². The van der Waals surface area contributed by atoms with Crippen molar-refractivity contribution in [3.8, 4) is 0 Å². The molecule has 2 aromatic rings. The van der Waals surface area contributed by atoms with E-state index in [0.29, 0.717) is 19.6 Å². The first kappa shape index (κ1) is 19.2. The van der Waals surface area contributed by atoms with E-state index in [1.54, 1.807) is 0 Å². The van der Waals surface area contributed by atoms with Gasteiger partial charge in [-0.05, 0) is 41.7 Å². The van der Waals surface area contributed by atoms with Gasteiger partial charge in [0.1, 0.15) is 19.1 Å². The number of carboxylic acid groups (broad SMARTS) is 2. The largest absolute Gasteiger partial charge is 0.478 e. The number of rotatable bonds is 3. The maximum absolute atomic E-state index is 11.9. The molecule has 6 heteroatoms. The van der Waals surface area contributed by atoms with Crippen LogP contribution < -0.4 is 4.90 Å². The Morgan fingerprint density at radius 3 is 2.62 bits per heavy atom. The molecule has 4 rings (SSSR count). The first-order valence-electron chi connectivity index (χ1n) is 9.75.